The quantitative estimate of drug-likeness (QED) is 0.460. The summed E-state index contributed by atoms with van der Waals surface area (Å²) < 4.78 is 1.68. The number of fused-ring (bicyclic) bond motifs is 1. The molecule has 3 aromatic rings. The van der Waals surface area contributed by atoms with Crippen LogP contribution in [0, 0.1) is 5.92 Å². The first-order valence-electron chi connectivity index (χ1n) is 9.06. The van der Waals surface area contributed by atoms with Gasteiger partial charge >= 0.3 is 0 Å². The van der Waals surface area contributed by atoms with Crippen LogP contribution in [0.3, 0.4) is 0 Å². The number of thioether (sulfide) groups is 1. The van der Waals surface area contributed by atoms with Crippen molar-refractivity contribution in [3.63, 3.8) is 0 Å². The second-order valence-corrected chi connectivity index (χ2v) is 9.48. The van der Waals surface area contributed by atoms with Crippen LogP contribution < -0.4 is 10.9 Å². The number of carbonyl (C=O) groups is 1. The molecule has 1 aliphatic rings. The van der Waals surface area contributed by atoms with Crippen LogP contribution in [0.5, 0.6) is 0 Å². The monoisotopic (exact) mass is 419 g/mol. The summed E-state index contributed by atoms with van der Waals surface area (Å²) >= 11 is 4.45. The third-order valence-electron chi connectivity index (χ3n) is 4.81. The molecule has 0 radical (unpaired) electrons. The molecule has 1 atom stereocenters. The molecule has 0 saturated heterocycles. The highest BCUT2D eigenvalue weighted by atomic mass is 32.2. The predicted molar refractivity (Wildman–Crippen MR) is 114 cm³/mol. The lowest BCUT2D eigenvalue weighted by molar-refractivity contribution is -0.119. The highest BCUT2D eigenvalue weighted by molar-refractivity contribution is 7.99. The molecule has 1 amide bonds. The molecule has 1 fully saturated rings. The average molecular weight is 420 g/mol. The molecule has 8 heteroatoms. The maximum Gasteiger partial charge on any atom is 0.263 e. The Hall–Kier alpha value is -1.64. The van der Waals surface area contributed by atoms with E-state index in [0.29, 0.717) is 23.0 Å². The van der Waals surface area contributed by atoms with E-state index < -0.39 is 0 Å². The molecule has 3 heterocycles. The molecular formula is C19H21N3O2S3. The first-order chi connectivity index (χ1) is 13.1. The van der Waals surface area contributed by atoms with Gasteiger partial charge in [0.25, 0.3) is 5.56 Å². The Morgan fingerprint density at radius 1 is 1.44 bits per heavy atom. The van der Waals surface area contributed by atoms with Gasteiger partial charge in [-0.15, -0.1) is 22.7 Å². The molecule has 1 saturated carbocycles. The lowest BCUT2D eigenvalue weighted by Gasteiger charge is -2.13. The Morgan fingerprint density at radius 3 is 2.93 bits per heavy atom. The third-order valence-corrected chi connectivity index (χ3v) is 7.56. The number of aromatic nitrogens is 2. The fourth-order valence-electron chi connectivity index (χ4n) is 3.15. The maximum absolute atomic E-state index is 13.1. The van der Waals surface area contributed by atoms with Crippen LogP contribution in [0.25, 0.3) is 20.7 Å². The van der Waals surface area contributed by atoms with E-state index in [2.05, 4.69) is 12.2 Å². The van der Waals surface area contributed by atoms with Crippen LogP contribution >= 0.6 is 34.4 Å². The van der Waals surface area contributed by atoms with E-state index in [4.69, 9.17) is 4.98 Å². The van der Waals surface area contributed by atoms with Crippen LogP contribution in [-0.4, -0.2) is 27.3 Å². The van der Waals surface area contributed by atoms with Crippen molar-refractivity contribution in [2.45, 2.75) is 44.4 Å². The summed E-state index contributed by atoms with van der Waals surface area (Å²) in [5.41, 5.74) is 0.929. The van der Waals surface area contributed by atoms with E-state index in [1.165, 1.54) is 35.9 Å². The molecule has 0 spiro atoms. The fourth-order valence-corrected chi connectivity index (χ4v) is 5.82. The predicted octanol–water partition coefficient (Wildman–Crippen LogP) is 4.21. The molecule has 142 valence electrons. The van der Waals surface area contributed by atoms with Gasteiger partial charge in [-0.05, 0) is 44.1 Å². The van der Waals surface area contributed by atoms with Crippen molar-refractivity contribution in [1.29, 1.82) is 0 Å². The summed E-state index contributed by atoms with van der Waals surface area (Å²) in [6.07, 6.45) is 2.40. The van der Waals surface area contributed by atoms with Crippen molar-refractivity contribution in [2.24, 2.45) is 5.92 Å². The second kappa shape index (κ2) is 7.77. The second-order valence-electron chi connectivity index (χ2n) is 6.73. The third kappa shape index (κ3) is 3.83. The zero-order chi connectivity index (χ0) is 19.0. The van der Waals surface area contributed by atoms with Crippen molar-refractivity contribution in [3.05, 3.63) is 33.2 Å². The minimum absolute atomic E-state index is 0.00172. The van der Waals surface area contributed by atoms with Crippen LogP contribution in [0.15, 0.2) is 32.8 Å². The molecule has 3 aromatic heterocycles. The van der Waals surface area contributed by atoms with Gasteiger partial charge in [-0.3, -0.25) is 14.2 Å². The summed E-state index contributed by atoms with van der Waals surface area (Å²) in [6, 6.07) is 4.24. The molecule has 0 bridgehead atoms. The number of carbonyl (C=O) groups excluding carboxylic acids is 1. The van der Waals surface area contributed by atoms with Gasteiger partial charge in [0.05, 0.1) is 11.1 Å². The molecule has 1 unspecified atom stereocenters. The van der Waals surface area contributed by atoms with Crippen LogP contribution in [0.4, 0.5) is 0 Å². The molecule has 0 aliphatic heterocycles. The number of nitrogens with one attached hydrogen (secondary N) is 1. The molecule has 1 aliphatic carbocycles. The molecule has 0 aromatic carbocycles. The number of nitrogens with zero attached hydrogens (tertiary/aromatic N) is 2. The number of hydrogen-bond donors (Lipinski definition) is 1. The molecule has 1 N–H and O–H groups in total. The van der Waals surface area contributed by atoms with Gasteiger partial charge in [-0.25, -0.2) is 4.98 Å². The van der Waals surface area contributed by atoms with Gasteiger partial charge < -0.3 is 5.32 Å². The van der Waals surface area contributed by atoms with Crippen LogP contribution in [-0.2, 0) is 11.3 Å². The highest BCUT2D eigenvalue weighted by Crippen LogP contribution is 2.35. The van der Waals surface area contributed by atoms with E-state index in [0.717, 1.165) is 15.3 Å². The van der Waals surface area contributed by atoms with E-state index in [9.17, 15) is 9.59 Å². The number of rotatable bonds is 7. The van der Waals surface area contributed by atoms with Crippen molar-refractivity contribution in [1.82, 2.24) is 14.9 Å². The Balaban J connectivity index is 1.59. The lowest BCUT2D eigenvalue weighted by atomic mass is 10.2. The number of thiophene rings is 2. The van der Waals surface area contributed by atoms with Crippen LogP contribution in [0.1, 0.15) is 26.7 Å². The van der Waals surface area contributed by atoms with Gasteiger partial charge in [0, 0.05) is 28.4 Å². The number of hydrogen-bond acceptors (Lipinski definition) is 6. The van der Waals surface area contributed by atoms with Crippen LogP contribution in [0.2, 0.25) is 0 Å². The van der Waals surface area contributed by atoms with Crippen molar-refractivity contribution >= 4 is 50.6 Å². The zero-order valence-corrected chi connectivity index (χ0v) is 17.7. The Bertz CT molecular complexity index is 1020. The SMILES string of the molecule is CCn1c(SCC(=O)NC(C)C2CC2)nc2scc(-c3cccs3)c2c1=O. The minimum atomic E-state index is -0.0265. The smallest absolute Gasteiger partial charge is 0.263 e. The summed E-state index contributed by atoms with van der Waals surface area (Å²) in [7, 11) is 0. The lowest BCUT2D eigenvalue weighted by Crippen LogP contribution is -2.35. The highest BCUT2D eigenvalue weighted by Gasteiger charge is 2.29. The maximum atomic E-state index is 13.1. The first-order valence-corrected chi connectivity index (χ1v) is 11.8. The molecule has 27 heavy (non-hydrogen) atoms. The van der Waals surface area contributed by atoms with Gasteiger partial charge in [0.1, 0.15) is 4.83 Å². The molecule has 5 nitrogen and oxygen atoms in total. The standard InChI is InChI=1S/C19H21N3O2S3/c1-3-22-18(24)16-13(14-5-4-8-25-14)9-26-17(16)21-19(22)27-10-15(23)20-11(2)12-6-7-12/h4-5,8-9,11-12H,3,6-7,10H2,1-2H3,(H,20,23). The first kappa shape index (κ1) is 18.7. The molecular weight excluding hydrogens is 398 g/mol. The average Bonchev–Trinajstić information content (AvgIpc) is 3.20. The van der Waals surface area contributed by atoms with Gasteiger partial charge in [-0.2, -0.15) is 0 Å². The largest absolute Gasteiger partial charge is 0.353 e. The topological polar surface area (TPSA) is 64.0 Å². The Kier molecular flexibility index (Phi) is 5.39. The van der Waals surface area contributed by atoms with E-state index >= 15 is 0 Å². The van der Waals surface area contributed by atoms with E-state index in [1.54, 1.807) is 15.9 Å². The summed E-state index contributed by atoms with van der Waals surface area (Å²) in [6.45, 7) is 4.53. The fraction of sp³-hybridized carbons (Fsp3) is 0.421. The number of amides is 1. The van der Waals surface area contributed by atoms with E-state index in [-0.39, 0.29) is 23.3 Å². The Morgan fingerprint density at radius 2 is 2.26 bits per heavy atom. The van der Waals surface area contributed by atoms with E-state index in [1.807, 2.05) is 29.8 Å². The minimum Gasteiger partial charge on any atom is -0.353 e. The molecule has 4 rings (SSSR count). The van der Waals surface area contributed by atoms with Gasteiger partial charge in [-0.1, -0.05) is 17.8 Å². The summed E-state index contributed by atoms with van der Waals surface area (Å²) in [5, 5.41) is 8.36. The van der Waals surface area contributed by atoms with Gasteiger partial charge in [0.2, 0.25) is 5.91 Å². The summed E-state index contributed by atoms with van der Waals surface area (Å²) in [4.78, 5) is 31.8. The van der Waals surface area contributed by atoms with Crippen molar-refractivity contribution in [2.75, 3.05) is 5.75 Å². The Labute approximate surface area is 169 Å². The zero-order valence-electron chi connectivity index (χ0n) is 15.2. The van der Waals surface area contributed by atoms with Gasteiger partial charge in [0.15, 0.2) is 5.16 Å². The normalized spacial score (nSPS) is 15.2. The summed E-state index contributed by atoms with van der Waals surface area (Å²) in [5.74, 6) is 0.906. The van der Waals surface area contributed by atoms with Crippen molar-refractivity contribution < 1.29 is 4.79 Å². The van der Waals surface area contributed by atoms with Crippen molar-refractivity contribution in [3.8, 4) is 10.4 Å².